The predicted molar refractivity (Wildman–Crippen MR) is 119 cm³/mol. The van der Waals surface area contributed by atoms with Crippen LogP contribution in [0.1, 0.15) is 43.0 Å². The summed E-state index contributed by atoms with van der Waals surface area (Å²) in [6.45, 7) is 2.95. The number of amides is 1. The van der Waals surface area contributed by atoms with Gasteiger partial charge in [0.1, 0.15) is 5.82 Å². The maximum atomic E-state index is 13.2. The Hall–Kier alpha value is -2.75. The highest BCUT2D eigenvalue weighted by atomic mass is 35.5. The summed E-state index contributed by atoms with van der Waals surface area (Å²) in [4.78, 5) is 22.8. The predicted octanol–water partition coefficient (Wildman–Crippen LogP) is 3.84. The molecule has 1 fully saturated rings. The first-order chi connectivity index (χ1) is 14.7. The summed E-state index contributed by atoms with van der Waals surface area (Å²) in [5.74, 6) is 0.993. The van der Waals surface area contributed by atoms with Crippen molar-refractivity contribution in [3.8, 4) is 0 Å². The van der Waals surface area contributed by atoms with Crippen LogP contribution in [0, 0.1) is 0 Å². The normalized spacial score (nSPS) is 18.0. The Morgan fingerprint density at radius 1 is 1.22 bits per heavy atom. The molecule has 2 aliphatic rings. The number of hydrogen-bond acceptors (Lipinski definition) is 6. The van der Waals surface area contributed by atoms with Crippen molar-refractivity contribution in [3.63, 3.8) is 0 Å². The number of piperidine rings is 1. The van der Waals surface area contributed by atoms with E-state index in [9.17, 15) is 18.0 Å². The number of alkyl halides is 3. The fourth-order valence-electron chi connectivity index (χ4n) is 4.31. The average Bonchev–Trinajstić information content (AvgIpc) is 3.16. The number of rotatable bonds is 4. The highest BCUT2D eigenvalue weighted by Gasteiger charge is 2.33. The molecule has 0 unspecified atom stereocenters. The van der Waals surface area contributed by atoms with E-state index in [1.54, 1.807) is 0 Å². The summed E-state index contributed by atoms with van der Waals surface area (Å²) in [5, 5.41) is 5.89. The van der Waals surface area contributed by atoms with E-state index in [0.29, 0.717) is 6.54 Å². The molecule has 2 heterocycles. The lowest BCUT2D eigenvalue weighted by molar-refractivity contribution is -0.136. The number of carbonyl (C=O) groups is 1. The van der Waals surface area contributed by atoms with E-state index in [0.717, 1.165) is 61.8 Å². The number of anilines is 4. The second-order valence-corrected chi connectivity index (χ2v) is 8.06. The van der Waals surface area contributed by atoms with Crippen LogP contribution in [-0.2, 0) is 23.8 Å². The lowest BCUT2D eigenvalue weighted by Crippen LogP contribution is -2.47. The minimum absolute atomic E-state index is 0. The first-order valence-electron chi connectivity index (χ1n) is 10.4. The highest BCUT2D eigenvalue weighted by Crippen LogP contribution is 2.36. The molecular formula is C21H26ClF3N6O. The Kier molecular flexibility index (Phi) is 7.02. The third kappa shape index (κ3) is 5.17. The Labute approximate surface area is 190 Å². The monoisotopic (exact) mass is 470 g/mol. The van der Waals surface area contributed by atoms with Gasteiger partial charge in [-0.1, -0.05) is 0 Å². The van der Waals surface area contributed by atoms with E-state index in [-0.39, 0.29) is 41.7 Å². The largest absolute Gasteiger partial charge is 0.418 e. The molecule has 1 aliphatic heterocycles. The maximum Gasteiger partial charge on any atom is 0.418 e. The maximum absolute atomic E-state index is 13.2. The van der Waals surface area contributed by atoms with Gasteiger partial charge < -0.3 is 21.3 Å². The van der Waals surface area contributed by atoms with Gasteiger partial charge in [-0.3, -0.25) is 4.79 Å². The number of nitrogen functional groups attached to an aromatic ring is 1. The average molecular weight is 471 g/mol. The molecule has 1 aromatic heterocycles. The van der Waals surface area contributed by atoms with Crippen molar-refractivity contribution in [2.45, 2.75) is 51.2 Å². The van der Waals surface area contributed by atoms with Gasteiger partial charge >= 0.3 is 6.18 Å². The van der Waals surface area contributed by atoms with Crippen LogP contribution in [0.5, 0.6) is 0 Å². The zero-order valence-corrected chi connectivity index (χ0v) is 18.4. The molecule has 2 aromatic rings. The number of carbonyl (C=O) groups excluding carboxylic acids is 1. The number of fused-ring (bicyclic) bond motifs is 1. The van der Waals surface area contributed by atoms with E-state index in [2.05, 4.69) is 25.5 Å². The summed E-state index contributed by atoms with van der Waals surface area (Å²) in [7, 11) is 0. The molecule has 174 valence electrons. The molecule has 4 N–H and O–H groups in total. The van der Waals surface area contributed by atoms with Crippen molar-refractivity contribution in [1.29, 1.82) is 0 Å². The smallest absolute Gasteiger partial charge is 0.398 e. The molecule has 0 radical (unpaired) electrons. The molecule has 1 aromatic carbocycles. The van der Waals surface area contributed by atoms with Crippen LogP contribution in [0.4, 0.5) is 36.3 Å². The van der Waals surface area contributed by atoms with Crippen LogP contribution in [-0.4, -0.2) is 35.0 Å². The van der Waals surface area contributed by atoms with Crippen LogP contribution in [0.25, 0.3) is 0 Å². The summed E-state index contributed by atoms with van der Waals surface area (Å²) in [6.07, 6.45) is -0.0916. The number of halogens is 4. The molecule has 1 aliphatic carbocycles. The van der Waals surface area contributed by atoms with Crippen LogP contribution in [0.2, 0.25) is 0 Å². The quantitative estimate of drug-likeness (QED) is 0.588. The number of hydrogen-bond donors (Lipinski definition) is 3. The first-order valence-corrected chi connectivity index (χ1v) is 10.4. The van der Waals surface area contributed by atoms with Crippen molar-refractivity contribution >= 4 is 41.5 Å². The van der Waals surface area contributed by atoms with Gasteiger partial charge in [-0.2, -0.15) is 18.2 Å². The van der Waals surface area contributed by atoms with Crippen molar-refractivity contribution < 1.29 is 18.0 Å². The first kappa shape index (κ1) is 23.9. The topological polar surface area (TPSA) is 96.2 Å². The van der Waals surface area contributed by atoms with E-state index < -0.39 is 11.7 Å². The SMILES string of the molecule is CC(=O)N[C@@H]1CCCN(c2nc(Nc3ccc(N)c(C(F)(F)F)c3)nc3c2CCC3)C1.Cl. The van der Waals surface area contributed by atoms with Crippen LogP contribution in [0.15, 0.2) is 18.2 Å². The molecule has 0 bridgehead atoms. The molecule has 4 rings (SSSR count). The van der Waals surface area contributed by atoms with Gasteiger partial charge in [0, 0.05) is 43.0 Å². The number of aryl methyl sites for hydroxylation is 1. The van der Waals surface area contributed by atoms with Crippen LogP contribution < -0.4 is 21.3 Å². The van der Waals surface area contributed by atoms with E-state index in [1.807, 2.05) is 0 Å². The number of aromatic nitrogens is 2. The lowest BCUT2D eigenvalue weighted by atomic mass is 10.0. The van der Waals surface area contributed by atoms with Gasteiger partial charge in [-0.15, -0.1) is 12.4 Å². The van der Waals surface area contributed by atoms with Crippen LogP contribution >= 0.6 is 12.4 Å². The molecule has 11 heteroatoms. The molecule has 0 spiro atoms. The Bertz CT molecular complexity index is 1000. The van der Waals surface area contributed by atoms with Gasteiger partial charge in [0.25, 0.3) is 0 Å². The van der Waals surface area contributed by atoms with E-state index in [1.165, 1.54) is 19.1 Å². The fraction of sp³-hybridized carbons (Fsp3) is 0.476. The number of nitrogens with two attached hydrogens (primary N) is 1. The highest BCUT2D eigenvalue weighted by molar-refractivity contribution is 5.85. The Morgan fingerprint density at radius 2 is 2.00 bits per heavy atom. The van der Waals surface area contributed by atoms with Gasteiger partial charge in [0.2, 0.25) is 11.9 Å². The van der Waals surface area contributed by atoms with E-state index in [4.69, 9.17) is 5.73 Å². The molecule has 0 saturated carbocycles. The molecule has 32 heavy (non-hydrogen) atoms. The minimum atomic E-state index is -4.54. The standard InChI is InChI=1S/C21H25F3N6O.ClH/c1-12(31)26-14-4-3-9-30(11-14)19-15-5-2-6-18(15)28-20(29-19)27-13-7-8-17(25)16(10-13)21(22,23)24;/h7-8,10,14H,2-6,9,11,25H2,1H3,(H,26,31)(H,27,28,29);1H/t14-;/m1./s1. The van der Waals surface area contributed by atoms with Gasteiger partial charge in [0.05, 0.1) is 11.3 Å². The van der Waals surface area contributed by atoms with Crippen molar-refractivity contribution in [1.82, 2.24) is 15.3 Å². The third-order valence-corrected chi connectivity index (χ3v) is 5.65. The Balaban J connectivity index is 0.00000289. The minimum Gasteiger partial charge on any atom is -0.398 e. The number of nitrogens with one attached hydrogen (secondary N) is 2. The van der Waals surface area contributed by atoms with Gasteiger partial charge in [-0.25, -0.2) is 4.98 Å². The van der Waals surface area contributed by atoms with Crippen molar-refractivity contribution in [2.24, 2.45) is 0 Å². The van der Waals surface area contributed by atoms with Crippen molar-refractivity contribution in [3.05, 3.63) is 35.0 Å². The second kappa shape index (κ2) is 9.40. The molecule has 1 atom stereocenters. The summed E-state index contributed by atoms with van der Waals surface area (Å²) in [6, 6.07) is 3.72. The molecule has 7 nitrogen and oxygen atoms in total. The summed E-state index contributed by atoms with van der Waals surface area (Å²) in [5.41, 5.74) is 6.50. The third-order valence-electron chi connectivity index (χ3n) is 5.65. The Morgan fingerprint density at radius 3 is 2.72 bits per heavy atom. The fourth-order valence-corrected chi connectivity index (χ4v) is 4.31. The van der Waals surface area contributed by atoms with Crippen LogP contribution in [0.3, 0.4) is 0 Å². The number of benzene rings is 1. The summed E-state index contributed by atoms with van der Waals surface area (Å²) < 4.78 is 39.6. The zero-order valence-electron chi connectivity index (χ0n) is 17.6. The molecule has 1 amide bonds. The summed E-state index contributed by atoms with van der Waals surface area (Å²) >= 11 is 0. The lowest BCUT2D eigenvalue weighted by Gasteiger charge is -2.35. The molecule has 1 saturated heterocycles. The van der Waals surface area contributed by atoms with Gasteiger partial charge in [0.15, 0.2) is 0 Å². The second-order valence-electron chi connectivity index (χ2n) is 8.06. The van der Waals surface area contributed by atoms with Crippen molar-refractivity contribution in [2.75, 3.05) is 29.0 Å². The van der Waals surface area contributed by atoms with Gasteiger partial charge in [-0.05, 0) is 50.3 Å². The number of nitrogens with zero attached hydrogens (tertiary/aromatic N) is 3. The van der Waals surface area contributed by atoms with E-state index >= 15 is 0 Å². The molecular weight excluding hydrogens is 445 g/mol. The zero-order chi connectivity index (χ0) is 22.2.